The van der Waals surface area contributed by atoms with Crippen LogP contribution in [0.2, 0.25) is 0 Å². The van der Waals surface area contributed by atoms with Crippen LogP contribution >= 0.6 is 0 Å². The van der Waals surface area contributed by atoms with Crippen LogP contribution in [0.1, 0.15) is 5.56 Å². The third kappa shape index (κ3) is 3.61. The van der Waals surface area contributed by atoms with Crippen molar-refractivity contribution in [3.63, 3.8) is 0 Å². The number of sulfone groups is 1. The van der Waals surface area contributed by atoms with E-state index in [4.69, 9.17) is 0 Å². The van der Waals surface area contributed by atoms with Gasteiger partial charge in [-0.1, -0.05) is 12.1 Å². The van der Waals surface area contributed by atoms with Gasteiger partial charge < -0.3 is 10.1 Å². The minimum Gasteiger partial charge on any atom is -0.402 e. The summed E-state index contributed by atoms with van der Waals surface area (Å²) in [6.07, 6.45) is -5.09. The fraction of sp³-hybridized carbons (Fsp3) is 0.200. The van der Waals surface area contributed by atoms with E-state index in [0.29, 0.717) is 5.56 Å². The molecule has 0 aliphatic carbocycles. The molecule has 0 fully saturated rings. The highest BCUT2D eigenvalue weighted by atomic mass is 32.2. The molecule has 0 aliphatic rings. The maximum atomic E-state index is 13.3. The SMILES string of the molecule is CNc1c(C)ccc(S(=O)(=O)c2cccc(F)c2)c1OC(F)(F)F. The van der Waals surface area contributed by atoms with Crippen molar-refractivity contribution in [2.75, 3.05) is 12.4 Å². The van der Waals surface area contributed by atoms with E-state index < -0.39 is 37.6 Å². The van der Waals surface area contributed by atoms with Crippen molar-refractivity contribution < 1.29 is 30.7 Å². The van der Waals surface area contributed by atoms with Gasteiger partial charge in [-0.2, -0.15) is 0 Å². The standard InChI is InChI=1S/C15H13F4NO3S/c1-9-6-7-12(14(13(9)20-2)23-15(17,18)19)24(21,22)11-5-3-4-10(16)8-11/h3-8,20H,1-2H3. The van der Waals surface area contributed by atoms with Crippen LogP contribution in [-0.4, -0.2) is 21.8 Å². The van der Waals surface area contributed by atoms with E-state index in [1.54, 1.807) is 0 Å². The minimum absolute atomic E-state index is 0.121. The highest BCUT2D eigenvalue weighted by Gasteiger charge is 2.36. The van der Waals surface area contributed by atoms with Crippen LogP contribution < -0.4 is 10.1 Å². The Morgan fingerprint density at radius 1 is 1.12 bits per heavy atom. The number of hydrogen-bond acceptors (Lipinski definition) is 4. The molecule has 0 atom stereocenters. The number of ether oxygens (including phenoxy) is 1. The number of aryl methyl sites for hydroxylation is 1. The zero-order chi connectivity index (χ0) is 18.1. The van der Waals surface area contributed by atoms with E-state index in [0.717, 1.165) is 30.3 Å². The van der Waals surface area contributed by atoms with Crippen molar-refractivity contribution in [2.45, 2.75) is 23.1 Å². The van der Waals surface area contributed by atoms with Gasteiger partial charge in [0.25, 0.3) is 0 Å². The van der Waals surface area contributed by atoms with E-state index in [9.17, 15) is 26.0 Å². The molecule has 2 rings (SSSR count). The number of nitrogens with one attached hydrogen (secondary N) is 1. The Labute approximate surface area is 136 Å². The summed E-state index contributed by atoms with van der Waals surface area (Å²) >= 11 is 0. The smallest absolute Gasteiger partial charge is 0.402 e. The number of halogens is 4. The van der Waals surface area contributed by atoms with Gasteiger partial charge in [-0.05, 0) is 36.8 Å². The van der Waals surface area contributed by atoms with Gasteiger partial charge >= 0.3 is 6.36 Å². The summed E-state index contributed by atoms with van der Waals surface area (Å²) in [6, 6.07) is 6.33. The highest BCUT2D eigenvalue weighted by Crippen LogP contribution is 2.40. The van der Waals surface area contributed by atoms with Crippen LogP contribution in [0.5, 0.6) is 5.75 Å². The summed E-state index contributed by atoms with van der Waals surface area (Å²) in [7, 11) is -3.08. The second kappa shape index (κ2) is 6.31. The fourth-order valence-corrected chi connectivity index (χ4v) is 3.58. The van der Waals surface area contributed by atoms with Crippen LogP contribution in [0.3, 0.4) is 0 Å². The molecule has 0 aliphatic heterocycles. The average molecular weight is 363 g/mol. The van der Waals surface area contributed by atoms with Gasteiger partial charge in [-0.25, -0.2) is 12.8 Å². The number of rotatable bonds is 4. The Kier molecular flexibility index (Phi) is 4.75. The van der Waals surface area contributed by atoms with Crippen molar-refractivity contribution >= 4 is 15.5 Å². The van der Waals surface area contributed by atoms with E-state index in [1.165, 1.54) is 20.0 Å². The van der Waals surface area contributed by atoms with Gasteiger partial charge in [0.1, 0.15) is 10.7 Å². The number of benzene rings is 2. The molecular formula is C15H13F4NO3S. The van der Waals surface area contributed by atoms with Crippen molar-refractivity contribution in [1.82, 2.24) is 0 Å². The summed E-state index contributed by atoms with van der Waals surface area (Å²) < 4.78 is 80.7. The van der Waals surface area contributed by atoms with E-state index in [-0.39, 0.29) is 5.69 Å². The molecule has 9 heteroatoms. The van der Waals surface area contributed by atoms with Crippen LogP contribution in [0.25, 0.3) is 0 Å². The zero-order valence-electron chi connectivity index (χ0n) is 12.6. The molecule has 0 heterocycles. The van der Waals surface area contributed by atoms with E-state index in [2.05, 4.69) is 10.1 Å². The number of hydrogen-bond donors (Lipinski definition) is 1. The van der Waals surface area contributed by atoms with Crippen molar-refractivity contribution in [3.8, 4) is 5.75 Å². The Morgan fingerprint density at radius 2 is 1.79 bits per heavy atom. The zero-order valence-corrected chi connectivity index (χ0v) is 13.4. The first-order valence-corrected chi connectivity index (χ1v) is 8.12. The quantitative estimate of drug-likeness (QED) is 0.837. The lowest BCUT2D eigenvalue weighted by atomic mass is 10.2. The minimum atomic E-state index is -5.09. The van der Waals surface area contributed by atoms with Gasteiger partial charge in [-0.3, -0.25) is 0 Å². The summed E-state index contributed by atoms with van der Waals surface area (Å²) in [6.45, 7) is 1.49. The molecule has 0 radical (unpaired) electrons. The predicted molar refractivity (Wildman–Crippen MR) is 79.3 cm³/mol. The second-order valence-electron chi connectivity index (χ2n) is 4.84. The second-order valence-corrected chi connectivity index (χ2v) is 6.76. The van der Waals surface area contributed by atoms with Gasteiger partial charge in [0.05, 0.1) is 10.6 Å². The first-order valence-electron chi connectivity index (χ1n) is 6.64. The third-order valence-electron chi connectivity index (χ3n) is 3.19. The lowest BCUT2D eigenvalue weighted by molar-refractivity contribution is -0.275. The molecule has 2 aromatic carbocycles. The highest BCUT2D eigenvalue weighted by molar-refractivity contribution is 7.91. The molecule has 0 aromatic heterocycles. The molecule has 0 bridgehead atoms. The molecule has 130 valence electrons. The Morgan fingerprint density at radius 3 is 2.33 bits per heavy atom. The first kappa shape index (κ1) is 18.1. The third-order valence-corrected chi connectivity index (χ3v) is 4.97. The molecule has 0 saturated carbocycles. The van der Waals surface area contributed by atoms with Gasteiger partial charge in [0.15, 0.2) is 5.75 Å². The van der Waals surface area contributed by atoms with Gasteiger partial charge in [0, 0.05) is 7.05 Å². The Balaban J connectivity index is 2.74. The van der Waals surface area contributed by atoms with Crippen molar-refractivity contribution in [3.05, 3.63) is 47.8 Å². The van der Waals surface area contributed by atoms with Crippen LogP contribution in [-0.2, 0) is 9.84 Å². The van der Waals surface area contributed by atoms with Crippen molar-refractivity contribution in [1.29, 1.82) is 0 Å². The first-order chi connectivity index (χ1) is 11.1. The van der Waals surface area contributed by atoms with Gasteiger partial charge in [-0.15, -0.1) is 13.2 Å². The molecule has 4 nitrogen and oxygen atoms in total. The topological polar surface area (TPSA) is 55.4 Å². The molecule has 24 heavy (non-hydrogen) atoms. The van der Waals surface area contributed by atoms with Crippen molar-refractivity contribution in [2.24, 2.45) is 0 Å². The molecule has 0 spiro atoms. The normalized spacial score (nSPS) is 12.1. The summed E-state index contributed by atoms with van der Waals surface area (Å²) in [5, 5.41) is 2.50. The van der Waals surface area contributed by atoms with E-state index >= 15 is 0 Å². The summed E-state index contributed by atoms with van der Waals surface area (Å²) in [4.78, 5) is -1.18. The molecule has 2 aromatic rings. The lowest BCUT2D eigenvalue weighted by Gasteiger charge is -2.18. The molecule has 0 saturated heterocycles. The van der Waals surface area contributed by atoms with Crippen LogP contribution in [0.15, 0.2) is 46.2 Å². The van der Waals surface area contributed by atoms with Crippen LogP contribution in [0.4, 0.5) is 23.2 Å². The van der Waals surface area contributed by atoms with Gasteiger partial charge in [0.2, 0.25) is 9.84 Å². The molecule has 1 N–H and O–H groups in total. The predicted octanol–water partition coefficient (Wildman–Crippen LogP) is 3.91. The number of anilines is 1. The monoisotopic (exact) mass is 363 g/mol. The Bertz CT molecular complexity index is 864. The average Bonchev–Trinajstić information content (AvgIpc) is 2.45. The Hall–Kier alpha value is -2.29. The fourth-order valence-electron chi connectivity index (χ4n) is 2.16. The lowest BCUT2D eigenvalue weighted by Crippen LogP contribution is -2.20. The summed E-state index contributed by atoms with van der Waals surface area (Å²) in [5.41, 5.74) is 0.236. The van der Waals surface area contributed by atoms with Crippen LogP contribution in [0, 0.1) is 12.7 Å². The number of alkyl halides is 3. The van der Waals surface area contributed by atoms with E-state index in [1.807, 2.05) is 0 Å². The molecular weight excluding hydrogens is 350 g/mol. The maximum absolute atomic E-state index is 13.3. The maximum Gasteiger partial charge on any atom is 0.573 e. The molecule has 0 unspecified atom stereocenters. The molecule has 0 amide bonds. The largest absolute Gasteiger partial charge is 0.573 e. The summed E-state index contributed by atoms with van der Waals surface area (Å²) in [5.74, 6) is -1.70.